The number of rotatable bonds is 7. The number of carbonyl (C=O) groups excluding carboxylic acids is 1. The van der Waals surface area contributed by atoms with Gasteiger partial charge in [0.2, 0.25) is 0 Å². The Hall–Kier alpha value is -2.49. The largest absolute Gasteiger partial charge is 0.496 e. The Balaban J connectivity index is 1.71. The molecular formula is C20H26N2O2. The van der Waals surface area contributed by atoms with Crippen molar-refractivity contribution in [1.29, 1.82) is 0 Å². The average Bonchev–Trinajstić information content (AvgIpc) is 2.55. The predicted molar refractivity (Wildman–Crippen MR) is 97.7 cm³/mol. The topological polar surface area (TPSA) is 50.4 Å². The van der Waals surface area contributed by atoms with E-state index in [4.69, 9.17) is 4.74 Å². The molecule has 2 amide bonds. The molecule has 2 aromatic rings. The van der Waals surface area contributed by atoms with Gasteiger partial charge in [0.25, 0.3) is 0 Å². The lowest BCUT2D eigenvalue weighted by Gasteiger charge is -2.11. The second kappa shape index (κ2) is 8.96. The summed E-state index contributed by atoms with van der Waals surface area (Å²) < 4.78 is 5.35. The Morgan fingerprint density at radius 2 is 1.67 bits per heavy atom. The first-order chi connectivity index (χ1) is 11.6. The van der Waals surface area contributed by atoms with E-state index in [1.54, 1.807) is 7.11 Å². The van der Waals surface area contributed by atoms with Gasteiger partial charge in [-0.15, -0.1) is 0 Å². The molecule has 128 valence electrons. The minimum absolute atomic E-state index is 0.130. The maximum Gasteiger partial charge on any atom is 0.314 e. The lowest BCUT2D eigenvalue weighted by molar-refractivity contribution is 0.241. The van der Waals surface area contributed by atoms with Crippen molar-refractivity contribution >= 4 is 6.03 Å². The fourth-order valence-electron chi connectivity index (χ4n) is 2.66. The highest BCUT2D eigenvalue weighted by atomic mass is 16.5. The van der Waals surface area contributed by atoms with Crippen molar-refractivity contribution in [3.63, 3.8) is 0 Å². The van der Waals surface area contributed by atoms with Crippen LogP contribution in [0.1, 0.15) is 22.3 Å². The summed E-state index contributed by atoms with van der Waals surface area (Å²) in [5.41, 5.74) is 4.77. The Kier molecular flexibility index (Phi) is 6.67. The van der Waals surface area contributed by atoms with Crippen molar-refractivity contribution in [2.24, 2.45) is 0 Å². The molecule has 0 aromatic heterocycles. The standard InChI is InChI=1S/C20H26N2O2/c1-15-5-4-6-17(13-15)9-11-21-20(23)22-12-10-18-14-16(2)7-8-19(18)24-3/h4-8,13-14H,9-12H2,1-3H3,(H2,21,22,23). The zero-order chi connectivity index (χ0) is 17.4. The Morgan fingerprint density at radius 3 is 2.38 bits per heavy atom. The van der Waals surface area contributed by atoms with Crippen molar-refractivity contribution in [2.45, 2.75) is 26.7 Å². The third-order valence-corrected chi connectivity index (χ3v) is 3.90. The monoisotopic (exact) mass is 326 g/mol. The van der Waals surface area contributed by atoms with E-state index in [0.717, 1.165) is 24.2 Å². The van der Waals surface area contributed by atoms with Gasteiger partial charge < -0.3 is 15.4 Å². The first-order valence-corrected chi connectivity index (χ1v) is 8.29. The Labute approximate surface area is 144 Å². The zero-order valence-electron chi connectivity index (χ0n) is 14.7. The Morgan fingerprint density at radius 1 is 0.958 bits per heavy atom. The molecular weight excluding hydrogens is 300 g/mol. The van der Waals surface area contributed by atoms with Crippen LogP contribution in [0.4, 0.5) is 4.79 Å². The summed E-state index contributed by atoms with van der Waals surface area (Å²) in [7, 11) is 1.67. The second-order valence-electron chi connectivity index (χ2n) is 5.99. The van der Waals surface area contributed by atoms with Crippen molar-refractivity contribution in [3.8, 4) is 5.75 Å². The summed E-state index contributed by atoms with van der Waals surface area (Å²) in [5, 5.41) is 5.79. The van der Waals surface area contributed by atoms with Gasteiger partial charge in [-0.3, -0.25) is 0 Å². The molecule has 24 heavy (non-hydrogen) atoms. The number of ether oxygens (including phenoxy) is 1. The van der Waals surface area contributed by atoms with Crippen LogP contribution in [-0.4, -0.2) is 26.2 Å². The van der Waals surface area contributed by atoms with Gasteiger partial charge >= 0.3 is 6.03 Å². The van der Waals surface area contributed by atoms with Crippen LogP contribution < -0.4 is 15.4 Å². The van der Waals surface area contributed by atoms with Crippen molar-refractivity contribution in [3.05, 3.63) is 64.7 Å². The van der Waals surface area contributed by atoms with Crippen molar-refractivity contribution in [2.75, 3.05) is 20.2 Å². The van der Waals surface area contributed by atoms with Crippen LogP contribution in [0.15, 0.2) is 42.5 Å². The lowest BCUT2D eigenvalue weighted by atomic mass is 10.1. The molecule has 0 radical (unpaired) electrons. The van der Waals surface area contributed by atoms with Gasteiger partial charge in [-0.05, 0) is 43.9 Å². The number of carbonyl (C=O) groups is 1. The maximum atomic E-state index is 11.9. The molecule has 0 saturated carbocycles. The summed E-state index contributed by atoms with van der Waals surface area (Å²) in [5.74, 6) is 0.863. The van der Waals surface area contributed by atoms with E-state index in [1.165, 1.54) is 16.7 Å². The minimum Gasteiger partial charge on any atom is -0.496 e. The molecule has 0 bridgehead atoms. The summed E-state index contributed by atoms with van der Waals surface area (Å²) in [4.78, 5) is 11.9. The maximum absolute atomic E-state index is 11.9. The number of nitrogens with one attached hydrogen (secondary N) is 2. The van der Waals surface area contributed by atoms with Crippen LogP contribution in [0.3, 0.4) is 0 Å². The van der Waals surface area contributed by atoms with Crippen molar-refractivity contribution in [1.82, 2.24) is 10.6 Å². The molecule has 0 saturated heterocycles. The summed E-state index contributed by atoms with van der Waals surface area (Å²) in [6.45, 7) is 5.33. The molecule has 0 atom stereocenters. The zero-order valence-corrected chi connectivity index (χ0v) is 14.7. The van der Waals surface area contributed by atoms with Crippen LogP contribution in [0.5, 0.6) is 5.75 Å². The third-order valence-electron chi connectivity index (χ3n) is 3.90. The number of hydrogen-bond donors (Lipinski definition) is 2. The fraction of sp³-hybridized carbons (Fsp3) is 0.350. The first kappa shape index (κ1) is 17.9. The SMILES string of the molecule is COc1ccc(C)cc1CCNC(=O)NCCc1cccc(C)c1. The molecule has 0 fully saturated rings. The van der Waals surface area contributed by atoms with E-state index < -0.39 is 0 Å². The number of hydrogen-bond acceptors (Lipinski definition) is 2. The van der Waals surface area contributed by atoms with Gasteiger partial charge in [-0.2, -0.15) is 0 Å². The van der Waals surface area contributed by atoms with Gasteiger partial charge in [0, 0.05) is 13.1 Å². The van der Waals surface area contributed by atoms with Gasteiger partial charge in [-0.25, -0.2) is 4.79 Å². The minimum atomic E-state index is -0.130. The number of methoxy groups -OCH3 is 1. The van der Waals surface area contributed by atoms with Crippen LogP contribution in [0, 0.1) is 13.8 Å². The van der Waals surface area contributed by atoms with Gasteiger partial charge in [0.05, 0.1) is 7.11 Å². The van der Waals surface area contributed by atoms with Crippen LogP contribution in [0.2, 0.25) is 0 Å². The van der Waals surface area contributed by atoms with Gasteiger partial charge in [0.1, 0.15) is 5.75 Å². The van der Waals surface area contributed by atoms with Crippen LogP contribution in [-0.2, 0) is 12.8 Å². The number of amides is 2. The predicted octanol–water partition coefficient (Wildman–Crippen LogP) is 3.40. The number of aryl methyl sites for hydroxylation is 2. The van der Waals surface area contributed by atoms with E-state index in [0.29, 0.717) is 13.1 Å². The van der Waals surface area contributed by atoms with Gasteiger partial charge in [0.15, 0.2) is 0 Å². The normalized spacial score (nSPS) is 10.3. The quantitative estimate of drug-likeness (QED) is 0.819. The van der Waals surface area contributed by atoms with Gasteiger partial charge in [-0.1, -0.05) is 47.5 Å². The highest BCUT2D eigenvalue weighted by molar-refractivity contribution is 5.73. The van der Waals surface area contributed by atoms with E-state index in [1.807, 2.05) is 25.1 Å². The molecule has 0 unspecified atom stereocenters. The molecule has 0 aliphatic rings. The van der Waals surface area contributed by atoms with Crippen LogP contribution >= 0.6 is 0 Å². The van der Waals surface area contributed by atoms with Crippen molar-refractivity contribution < 1.29 is 9.53 Å². The van der Waals surface area contributed by atoms with Crippen LogP contribution in [0.25, 0.3) is 0 Å². The van der Waals surface area contributed by atoms with E-state index >= 15 is 0 Å². The lowest BCUT2D eigenvalue weighted by Crippen LogP contribution is -2.37. The number of benzene rings is 2. The average molecular weight is 326 g/mol. The molecule has 4 heteroatoms. The number of urea groups is 1. The fourth-order valence-corrected chi connectivity index (χ4v) is 2.66. The first-order valence-electron chi connectivity index (χ1n) is 8.29. The smallest absolute Gasteiger partial charge is 0.314 e. The third kappa shape index (κ3) is 5.61. The summed E-state index contributed by atoms with van der Waals surface area (Å²) in [6.07, 6.45) is 1.58. The Bertz CT molecular complexity index is 683. The summed E-state index contributed by atoms with van der Waals surface area (Å²) in [6, 6.07) is 14.3. The molecule has 0 spiro atoms. The van der Waals surface area contributed by atoms with E-state index in [-0.39, 0.29) is 6.03 Å². The molecule has 2 aromatic carbocycles. The van der Waals surface area contributed by atoms with E-state index in [2.05, 4.69) is 41.8 Å². The molecule has 4 nitrogen and oxygen atoms in total. The second-order valence-corrected chi connectivity index (χ2v) is 5.99. The molecule has 2 N–H and O–H groups in total. The molecule has 0 heterocycles. The highest BCUT2D eigenvalue weighted by Gasteiger charge is 2.05. The molecule has 0 aliphatic carbocycles. The van der Waals surface area contributed by atoms with E-state index in [9.17, 15) is 4.79 Å². The highest BCUT2D eigenvalue weighted by Crippen LogP contribution is 2.19. The molecule has 0 aliphatic heterocycles. The summed E-state index contributed by atoms with van der Waals surface area (Å²) >= 11 is 0. The molecule has 2 rings (SSSR count).